The highest BCUT2D eigenvalue weighted by atomic mass is 32.2. The van der Waals surface area contributed by atoms with Gasteiger partial charge in [-0.15, -0.1) is 0 Å². The summed E-state index contributed by atoms with van der Waals surface area (Å²) in [4.78, 5) is 10.9. The summed E-state index contributed by atoms with van der Waals surface area (Å²) in [7, 11) is -4.23. The highest BCUT2D eigenvalue weighted by Crippen LogP contribution is 2.08. The van der Waals surface area contributed by atoms with Crippen LogP contribution in [0.25, 0.3) is 0 Å². The number of unbranched alkanes of at least 4 members (excludes halogenated alkanes) is 2. The van der Waals surface area contributed by atoms with E-state index in [0.29, 0.717) is 6.42 Å². The Kier molecular flexibility index (Phi) is 6.19. The van der Waals surface area contributed by atoms with Crippen LogP contribution < -0.4 is 5.32 Å². The van der Waals surface area contributed by atoms with Crippen LogP contribution in [0.15, 0.2) is 12.7 Å². The number of hydrogen-bond donors (Lipinski definition) is 2. The molecule has 0 saturated carbocycles. The summed E-state index contributed by atoms with van der Waals surface area (Å²) >= 11 is 0. The third kappa shape index (κ3) is 6.24. The Bertz CT molecular complexity index is 310. The zero-order valence-corrected chi connectivity index (χ0v) is 9.59. The van der Waals surface area contributed by atoms with Crippen LogP contribution in [-0.4, -0.2) is 24.3 Å². The fraction of sp³-hybridized carbons (Fsp3) is 0.667. The molecular weight excluding hydrogens is 218 g/mol. The minimum absolute atomic E-state index is 0.215. The van der Waals surface area contributed by atoms with Gasteiger partial charge >= 0.3 is 0 Å². The lowest BCUT2D eigenvalue weighted by Gasteiger charge is -2.14. The van der Waals surface area contributed by atoms with Gasteiger partial charge in [-0.3, -0.25) is 9.35 Å². The first kappa shape index (κ1) is 14.1. The second-order valence-electron chi connectivity index (χ2n) is 3.21. The van der Waals surface area contributed by atoms with Crippen molar-refractivity contribution in [1.29, 1.82) is 0 Å². The van der Waals surface area contributed by atoms with E-state index in [4.69, 9.17) is 4.55 Å². The third-order valence-corrected chi connectivity index (χ3v) is 2.99. The molecule has 0 radical (unpaired) electrons. The molecule has 0 spiro atoms. The van der Waals surface area contributed by atoms with Gasteiger partial charge in [-0.25, -0.2) is 0 Å². The number of nitrogens with one attached hydrogen (secondary N) is 1. The normalized spacial score (nSPS) is 13.2. The van der Waals surface area contributed by atoms with Crippen molar-refractivity contribution in [1.82, 2.24) is 5.32 Å². The minimum Gasteiger partial charge on any atom is -0.334 e. The van der Waals surface area contributed by atoms with Crippen LogP contribution in [-0.2, 0) is 14.9 Å². The van der Waals surface area contributed by atoms with Crippen molar-refractivity contribution in [2.75, 3.05) is 0 Å². The van der Waals surface area contributed by atoms with Gasteiger partial charge < -0.3 is 5.32 Å². The maximum atomic E-state index is 10.9. The average Bonchev–Trinajstić information content (AvgIpc) is 2.14. The second kappa shape index (κ2) is 6.58. The molecule has 6 heteroatoms. The monoisotopic (exact) mass is 235 g/mol. The van der Waals surface area contributed by atoms with Gasteiger partial charge in [-0.2, -0.15) is 8.42 Å². The lowest BCUT2D eigenvalue weighted by Crippen LogP contribution is -2.39. The summed E-state index contributed by atoms with van der Waals surface area (Å²) in [6, 6.07) is 0. The zero-order chi connectivity index (χ0) is 11.9. The largest absolute Gasteiger partial charge is 0.334 e. The van der Waals surface area contributed by atoms with Crippen LogP contribution in [0.4, 0.5) is 0 Å². The molecule has 1 amide bonds. The van der Waals surface area contributed by atoms with Gasteiger partial charge in [0.1, 0.15) is 0 Å². The van der Waals surface area contributed by atoms with Gasteiger partial charge in [0.05, 0.1) is 0 Å². The molecule has 0 aliphatic rings. The number of hydrogen-bond acceptors (Lipinski definition) is 3. The van der Waals surface area contributed by atoms with E-state index in [9.17, 15) is 13.2 Å². The van der Waals surface area contributed by atoms with Gasteiger partial charge in [-0.1, -0.05) is 32.8 Å². The fourth-order valence-electron chi connectivity index (χ4n) is 1.09. The van der Waals surface area contributed by atoms with Crippen molar-refractivity contribution >= 4 is 16.0 Å². The molecule has 0 rings (SSSR count). The number of rotatable bonds is 7. The Hall–Kier alpha value is -0.880. The fourth-order valence-corrected chi connectivity index (χ4v) is 1.82. The molecular formula is C9H17NO4S. The molecule has 0 aromatic carbocycles. The van der Waals surface area contributed by atoms with Crippen molar-refractivity contribution in [3.05, 3.63) is 12.7 Å². The Morgan fingerprint density at radius 3 is 2.53 bits per heavy atom. The van der Waals surface area contributed by atoms with Gasteiger partial charge in [0, 0.05) is 0 Å². The second-order valence-corrected chi connectivity index (χ2v) is 4.81. The van der Waals surface area contributed by atoms with E-state index < -0.39 is 21.4 Å². The lowest BCUT2D eigenvalue weighted by atomic mass is 10.2. The van der Waals surface area contributed by atoms with Crippen LogP contribution in [0.1, 0.15) is 32.6 Å². The van der Waals surface area contributed by atoms with Crippen LogP contribution in [0.3, 0.4) is 0 Å². The SMILES string of the molecule is C=CC(=O)NC(CCCCC)S(=O)(=O)O. The van der Waals surface area contributed by atoms with Crippen molar-refractivity contribution in [2.45, 2.75) is 38.0 Å². The van der Waals surface area contributed by atoms with Gasteiger partial charge in [-0.05, 0) is 12.5 Å². The summed E-state index contributed by atoms with van der Waals surface area (Å²) in [5.74, 6) is -0.603. The summed E-state index contributed by atoms with van der Waals surface area (Å²) in [5, 5.41) is 0.943. The van der Waals surface area contributed by atoms with E-state index in [0.717, 1.165) is 18.9 Å². The van der Waals surface area contributed by atoms with E-state index >= 15 is 0 Å². The molecule has 0 aliphatic heterocycles. The predicted molar refractivity (Wildman–Crippen MR) is 57.8 cm³/mol. The van der Waals surface area contributed by atoms with Crippen LogP contribution >= 0.6 is 0 Å². The Labute approximate surface area is 90.3 Å². The van der Waals surface area contributed by atoms with Crippen molar-refractivity contribution < 1.29 is 17.8 Å². The van der Waals surface area contributed by atoms with Crippen molar-refractivity contribution in [2.24, 2.45) is 0 Å². The van der Waals surface area contributed by atoms with E-state index in [1.807, 2.05) is 6.92 Å². The van der Waals surface area contributed by atoms with Crippen molar-refractivity contribution in [3.8, 4) is 0 Å². The topological polar surface area (TPSA) is 83.5 Å². The van der Waals surface area contributed by atoms with E-state index in [2.05, 4.69) is 11.9 Å². The number of carbonyl (C=O) groups is 1. The molecule has 15 heavy (non-hydrogen) atoms. The molecule has 0 aliphatic carbocycles. The molecule has 88 valence electrons. The molecule has 0 bridgehead atoms. The van der Waals surface area contributed by atoms with E-state index in [1.165, 1.54) is 0 Å². The molecule has 1 unspecified atom stereocenters. The smallest absolute Gasteiger partial charge is 0.286 e. The standard InChI is InChI=1S/C9H17NO4S/c1-3-5-6-7-9(15(12,13)14)10-8(11)4-2/h4,9H,2-3,5-7H2,1H3,(H,10,11)(H,12,13,14). The van der Waals surface area contributed by atoms with Crippen LogP contribution in [0.5, 0.6) is 0 Å². The minimum atomic E-state index is -4.23. The molecule has 5 nitrogen and oxygen atoms in total. The third-order valence-electron chi connectivity index (χ3n) is 1.92. The molecule has 0 aromatic rings. The molecule has 0 saturated heterocycles. The Morgan fingerprint density at radius 2 is 2.13 bits per heavy atom. The summed E-state index contributed by atoms with van der Waals surface area (Å²) in [6.07, 6.45) is 3.62. The zero-order valence-electron chi connectivity index (χ0n) is 8.77. The molecule has 0 fully saturated rings. The maximum Gasteiger partial charge on any atom is 0.286 e. The van der Waals surface area contributed by atoms with Gasteiger partial charge in [0.15, 0.2) is 5.37 Å². The maximum absolute atomic E-state index is 10.9. The highest BCUT2D eigenvalue weighted by Gasteiger charge is 2.23. The summed E-state index contributed by atoms with van der Waals surface area (Å²) in [5.41, 5.74) is 0. The first-order valence-electron chi connectivity index (χ1n) is 4.81. The average molecular weight is 235 g/mol. The van der Waals surface area contributed by atoms with Crippen molar-refractivity contribution in [3.63, 3.8) is 0 Å². The number of carbonyl (C=O) groups excluding carboxylic acids is 1. The van der Waals surface area contributed by atoms with Crippen LogP contribution in [0.2, 0.25) is 0 Å². The Balaban J connectivity index is 4.33. The van der Waals surface area contributed by atoms with Gasteiger partial charge in [0.2, 0.25) is 5.91 Å². The molecule has 1 atom stereocenters. The highest BCUT2D eigenvalue weighted by molar-refractivity contribution is 7.86. The summed E-state index contributed by atoms with van der Waals surface area (Å²) in [6.45, 7) is 5.18. The molecule has 0 aromatic heterocycles. The lowest BCUT2D eigenvalue weighted by molar-refractivity contribution is -0.116. The Morgan fingerprint density at radius 1 is 1.53 bits per heavy atom. The van der Waals surface area contributed by atoms with Gasteiger partial charge in [0.25, 0.3) is 10.1 Å². The first-order valence-corrected chi connectivity index (χ1v) is 6.31. The quantitative estimate of drug-likeness (QED) is 0.393. The van der Waals surface area contributed by atoms with E-state index in [-0.39, 0.29) is 6.42 Å². The summed E-state index contributed by atoms with van der Waals surface area (Å²) < 4.78 is 30.6. The predicted octanol–water partition coefficient (Wildman–Crippen LogP) is 1.08. The number of amides is 1. The molecule has 2 N–H and O–H groups in total. The van der Waals surface area contributed by atoms with Crippen LogP contribution in [0, 0.1) is 0 Å². The molecule has 0 heterocycles. The first-order chi connectivity index (χ1) is 6.91. The van der Waals surface area contributed by atoms with E-state index in [1.54, 1.807) is 0 Å².